The molecule has 1 aliphatic heterocycles. The van der Waals surface area contributed by atoms with Crippen LogP contribution < -0.4 is 5.01 Å². The smallest absolute Gasteiger partial charge is 0.180 e. The molecule has 0 amide bonds. The van der Waals surface area contributed by atoms with E-state index in [9.17, 15) is 0 Å². The second kappa shape index (κ2) is 3.75. The molecule has 2 aromatic heterocycles. The topological polar surface area (TPSA) is 37.2 Å². The SMILES string of the molecule is CN1CCN(n2ncc3cccnc32)CC1. The van der Waals surface area contributed by atoms with Gasteiger partial charge in [-0.05, 0) is 19.2 Å². The molecule has 0 aromatic carbocycles. The van der Waals surface area contributed by atoms with Gasteiger partial charge in [-0.2, -0.15) is 9.89 Å². The van der Waals surface area contributed by atoms with Gasteiger partial charge < -0.3 is 4.90 Å². The molecule has 0 radical (unpaired) electrons. The van der Waals surface area contributed by atoms with E-state index in [4.69, 9.17) is 0 Å². The quantitative estimate of drug-likeness (QED) is 0.689. The Balaban J connectivity index is 1.94. The van der Waals surface area contributed by atoms with Crippen molar-refractivity contribution in [2.24, 2.45) is 0 Å². The summed E-state index contributed by atoms with van der Waals surface area (Å²) in [5.74, 6) is 0. The molecule has 16 heavy (non-hydrogen) atoms. The van der Waals surface area contributed by atoms with Crippen LogP contribution in [0.25, 0.3) is 11.0 Å². The van der Waals surface area contributed by atoms with Gasteiger partial charge in [0.25, 0.3) is 0 Å². The lowest BCUT2D eigenvalue weighted by atomic mass is 10.3. The second-order valence-corrected chi connectivity index (χ2v) is 4.21. The summed E-state index contributed by atoms with van der Waals surface area (Å²) < 4.78 is 0. The lowest BCUT2D eigenvalue weighted by Gasteiger charge is -2.33. The average molecular weight is 217 g/mol. The molecule has 0 saturated carbocycles. The number of aromatic nitrogens is 3. The maximum absolute atomic E-state index is 4.41. The fraction of sp³-hybridized carbons (Fsp3) is 0.455. The maximum Gasteiger partial charge on any atom is 0.180 e. The van der Waals surface area contributed by atoms with Gasteiger partial charge in [0.15, 0.2) is 5.65 Å². The van der Waals surface area contributed by atoms with E-state index in [0.717, 1.165) is 37.2 Å². The van der Waals surface area contributed by atoms with Crippen LogP contribution in [0.1, 0.15) is 0 Å². The summed E-state index contributed by atoms with van der Waals surface area (Å²) >= 11 is 0. The fourth-order valence-electron chi connectivity index (χ4n) is 2.04. The summed E-state index contributed by atoms with van der Waals surface area (Å²) in [5.41, 5.74) is 0.951. The first-order chi connectivity index (χ1) is 7.84. The van der Waals surface area contributed by atoms with Crippen molar-refractivity contribution in [1.29, 1.82) is 0 Å². The highest BCUT2D eigenvalue weighted by atomic mass is 15.7. The van der Waals surface area contributed by atoms with Gasteiger partial charge in [-0.15, -0.1) is 0 Å². The Kier molecular flexibility index (Phi) is 2.25. The third-order valence-corrected chi connectivity index (χ3v) is 3.06. The van der Waals surface area contributed by atoms with Crippen LogP contribution in [0.15, 0.2) is 24.5 Å². The molecule has 0 spiro atoms. The molecular weight excluding hydrogens is 202 g/mol. The molecule has 0 N–H and O–H groups in total. The molecule has 3 heterocycles. The highest BCUT2D eigenvalue weighted by molar-refractivity contribution is 5.74. The first-order valence-corrected chi connectivity index (χ1v) is 5.57. The van der Waals surface area contributed by atoms with Crippen molar-refractivity contribution in [3.8, 4) is 0 Å². The van der Waals surface area contributed by atoms with Crippen molar-refractivity contribution in [2.45, 2.75) is 0 Å². The number of hydrogen-bond donors (Lipinski definition) is 0. The van der Waals surface area contributed by atoms with Gasteiger partial charge in [-0.1, -0.05) is 0 Å². The molecule has 0 bridgehead atoms. The normalized spacial score (nSPS) is 18.2. The first-order valence-electron chi connectivity index (χ1n) is 5.57. The third-order valence-electron chi connectivity index (χ3n) is 3.06. The van der Waals surface area contributed by atoms with E-state index in [-0.39, 0.29) is 0 Å². The largest absolute Gasteiger partial charge is 0.303 e. The monoisotopic (exact) mass is 217 g/mol. The zero-order valence-corrected chi connectivity index (χ0v) is 9.37. The van der Waals surface area contributed by atoms with Gasteiger partial charge in [0, 0.05) is 37.8 Å². The average Bonchev–Trinajstić information content (AvgIpc) is 2.74. The summed E-state index contributed by atoms with van der Waals surface area (Å²) in [6.45, 7) is 4.16. The lowest BCUT2D eigenvalue weighted by molar-refractivity contribution is 0.283. The Morgan fingerprint density at radius 3 is 2.81 bits per heavy atom. The molecule has 1 aliphatic rings. The Morgan fingerprint density at radius 1 is 1.19 bits per heavy atom. The summed E-state index contributed by atoms with van der Waals surface area (Å²) in [5, 5.41) is 7.75. The maximum atomic E-state index is 4.41. The number of hydrogen-bond acceptors (Lipinski definition) is 4. The van der Waals surface area contributed by atoms with Gasteiger partial charge in [-0.25, -0.2) is 4.98 Å². The van der Waals surface area contributed by atoms with E-state index in [2.05, 4.69) is 27.0 Å². The Labute approximate surface area is 94.2 Å². The van der Waals surface area contributed by atoms with Crippen LogP contribution in [0.3, 0.4) is 0 Å². The molecule has 3 rings (SSSR count). The summed E-state index contributed by atoms with van der Waals surface area (Å²) in [4.78, 5) is 8.64. The predicted molar refractivity (Wildman–Crippen MR) is 63.0 cm³/mol. The van der Waals surface area contributed by atoms with Gasteiger partial charge in [-0.3, -0.25) is 5.01 Å². The molecule has 5 nitrogen and oxygen atoms in total. The number of rotatable bonds is 1. The molecule has 84 valence electrons. The van der Waals surface area contributed by atoms with Crippen molar-refractivity contribution in [3.63, 3.8) is 0 Å². The highest BCUT2D eigenvalue weighted by Gasteiger charge is 2.16. The van der Waals surface area contributed by atoms with Crippen LogP contribution >= 0.6 is 0 Å². The molecule has 1 fully saturated rings. The molecule has 0 unspecified atom stereocenters. The zero-order valence-electron chi connectivity index (χ0n) is 9.37. The summed E-state index contributed by atoms with van der Waals surface area (Å²) in [6.07, 6.45) is 3.69. The van der Waals surface area contributed by atoms with E-state index in [1.807, 2.05) is 29.3 Å². The number of likely N-dealkylation sites (N-methyl/N-ethyl adjacent to an activating group) is 1. The fourth-order valence-corrected chi connectivity index (χ4v) is 2.04. The van der Waals surface area contributed by atoms with Crippen molar-refractivity contribution in [2.75, 3.05) is 38.2 Å². The minimum Gasteiger partial charge on any atom is -0.303 e. The van der Waals surface area contributed by atoms with Crippen LogP contribution in [-0.2, 0) is 0 Å². The zero-order chi connectivity index (χ0) is 11.0. The van der Waals surface area contributed by atoms with Crippen LogP contribution in [0.4, 0.5) is 0 Å². The van der Waals surface area contributed by atoms with E-state index in [1.54, 1.807) is 0 Å². The van der Waals surface area contributed by atoms with Gasteiger partial charge >= 0.3 is 0 Å². The number of fused-ring (bicyclic) bond motifs is 1. The van der Waals surface area contributed by atoms with Crippen molar-refractivity contribution in [3.05, 3.63) is 24.5 Å². The molecule has 2 aromatic rings. The molecule has 0 atom stereocenters. The van der Waals surface area contributed by atoms with Crippen LogP contribution in [0.5, 0.6) is 0 Å². The molecular formula is C11H15N5. The van der Waals surface area contributed by atoms with Crippen molar-refractivity contribution >= 4 is 11.0 Å². The molecule has 0 aliphatic carbocycles. The number of nitrogens with zero attached hydrogens (tertiary/aromatic N) is 5. The van der Waals surface area contributed by atoms with Gasteiger partial charge in [0.1, 0.15) is 0 Å². The van der Waals surface area contributed by atoms with E-state index < -0.39 is 0 Å². The van der Waals surface area contributed by atoms with E-state index in [1.165, 1.54) is 0 Å². The third kappa shape index (κ3) is 1.53. The van der Waals surface area contributed by atoms with Crippen LogP contribution in [0.2, 0.25) is 0 Å². The van der Waals surface area contributed by atoms with Crippen molar-refractivity contribution in [1.82, 2.24) is 19.8 Å². The Morgan fingerprint density at radius 2 is 2.00 bits per heavy atom. The van der Waals surface area contributed by atoms with Crippen molar-refractivity contribution < 1.29 is 0 Å². The van der Waals surface area contributed by atoms with E-state index in [0.29, 0.717) is 0 Å². The number of piperazine rings is 1. The first kappa shape index (κ1) is 9.59. The predicted octanol–water partition coefficient (Wildman–Crippen LogP) is 0.315. The van der Waals surface area contributed by atoms with Crippen LogP contribution in [0, 0.1) is 0 Å². The minimum atomic E-state index is 0.951. The van der Waals surface area contributed by atoms with Gasteiger partial charge in [0.2, 0.25) is 0 Å². The van der Waals surface area contributed by atoms with Crippen LogP contribution in [-0.4, -0.2) is 53.0 Å². The lowest BCUT2D eigenvalue weighted by Crippen LogP contribution is -2.50. The molecule has 1 saturated heterocycles. The highest BCUT2D eigenvalue weighted by Crippen LogP contribution is 2.10. The minimum absolute atomic E-state index is 0.951. The Hall–Kier alpha value is -1.62. The summed E-state index contributed by atoms with van der Waals surface area (Å²) in [6, 6.07) is 3.99. The number of pyridine rings is 1. The standard InChI is InChI=1S/C11H15N5/c1-14-5-7-15(8-6-14)16-11-10(9-13-16)3-2-4-12-11/h2-4,9H,5-8H2,1H3. The summed E-state index contributed by atoms with van der Waals surface area (Å²) in [7, 11) is 2.15. The second-order valence-electron chi connectivity index (χ2n) is 4.21. The molecule has 5 heteroatoms. The Bertz CT molecular complexity index is 484. The van der Waals surface area contributed by atoms with Gasteiger partial charge in [0.05, 0.1) is 6.20 Å². The van der Waals surface area contributed by atoms with E-state index >= 15 is 0 Å².